The van der Waals surface area contributed by atoms with Gasteiger partial charge in [0.2, 0.25) is 0 Å². The smallest absolute Gasteiger partial charge is 0.0452 e. The van der Waals surface area contributed by atoms with Crippen molar-refractivity contribution in [2.75, 3.05) is 19.6 Å². The molecule has 0 amide bonds. The van der Waals surface area contributed by atoms with Gasteiger partial charge in [0.1, 0.15) is 0 Å². The van der Waals surface area contributed by atoms with Gasteiger partial charge in [0.15, 0.2) is 0 Å². The molecule has 110 valence electrons. The standard InChI is InChI=1S/C18H28N2/c1-2-16-9-4-3-7-13-20(16)14-18-17-10-6-5-8-15(17)11-12-19-18/h5-6,8,10,16,18-19H,2-4,7,9,11-14H2,1H3. The molecule has 0 aliphatic carbocycles. The Morgan fingerprint density at radius 1 is 1.20 bits per heavy atom. The number of likely N-dealkylation sites (tertiary alicyclic amines) is 1. The average Bonchev–Trinajstić information content (AvgIpc) is 2.72. The molecule has 2 heteroatoms. The van der Waals surface area contributed by atoms with Gasteiger partial charge in [0, 0.05) is 18.6 Å². The van der Waals surface area contributed by atoms with Crippen molar-refractivity contribution in [2.45, 2.75) is 57.5 Å². The number of hydrogen-bond donors (Lipinski definition) is 1. The van der Waals surface area contributed by atoms with E-state index < -0.39 is 0 Å². The fourth-order valence-corrected chi connectivity index (χ4v) is 3.93. The van der Waals surface area contributed by atoms with Crippen LogP contribution in [0.25, 0.3) is 0 Å². The van der Waals surface area contributed by atoms with E-state index in [0.717, 1.165) is 12.6 Å². The van der Waals surface area contributed by atoms with Crippen molar-refractivity contribution in [1.82, 2.24) is 10.2 Å². The van der Waals surface area contributed by atoms with Gasteiger partial charge in [0.25, 0.3) is 0 Å². The van der Waals surface area contributed by atoms with E-state index in [-0.39, 0.29) is 0 Å². The molecule has 2 nitrogen and oxygen atoms in total. The summed E-state index contributed by atoms with van der Waals surface area (Å²) in [7, 11) is 0. The molecular formula is C18H28N2. The third-order valence-electron chi connectivity index (χ3n) is 5.10. The van der Waals surface area contributed by atoms with Crippen LogP contribution in [0.1, 0.15) is 56.2 Å². The molecule has 1 fully saturated rings. The monoisotopic (exact) mass is 272 g/mol. The van der Waals surface area contributed by atoms with Crippen LogP contribution < -0.4 is 5.32 Å². The van der Waals surface area contributed by atoms with E-state index in [9.17, 15) is 0 Å². The summed E-state index contributed by atoms with van der Waals surface area (Å²) in [6, 6.07) is 10.3. The Kier molecular flexibility index (Phi) is 4.74. The second-order valence-electron chi connectivity index (χ2n) is 6.36. The molecule has 2 atom stereocenters. The summed E-state index contributed by atoms with van der Waals surface area (Å²) in [5.41, 5.74) is 3.09. The van der Waals surface area contributed by atoms with E-state index in [2.05, 4.69) is 41.4 Å². The fourth-order valence-electron chi connectivity index (χ4n) is 3.93. The zero-order valence-corrected chi connectivity index (χ0v) is 12.8. The minimum Gasteiger partial charge on any atom is -0.309 e. The molecule has 0 saturated carbocycles. The molecule has 2 unspecified atom stereocenters. The van der Waals surface area contributed by atoms with Crippen LogP contribution in [0, 0.1) is 0 Å². The maximum absolute atomic E-state index is 3.75. The van der Waals surface area contributed by atoms with Crippen molar-refractivity contribution in [3.05, 3.63) is 35.4 Å². The Morgan fingerprint density at radius 2 is 2.10 bits per heavy atom. The largest absolute Gasteiger partial charge is 0.309 e. The summed E-state index contributed by atoms with van der Waals surface area (Å²) in [6.45, 7) is 5.96. The van der Waals surface area contributed by atoms with E-state index in [0.29, 0.717) is 6.04 Å². The zero-order chi connectivity index (χ0) is 13.8. The predicted octanol–water partition coefficient (Wildman–Crippen LogP) is 3.53. The summed E-state index contributed by atoms with van der Waals surface area (Å²) in [5, 5.41) is 3.75. The van der Waals surface area contributed by atoms with Crippen molar-refractivity contribution in [2.24, 2.45) is 0 Å². The minimum atomic E-state index is 0.534. The highest BCUT2D eigenvalue weighted by atomic mass is 15.2. The van der Waals surface area contributed by atoms with Crippen LogP contribution in [0.3, 0.4) is 0 Å². The third-order valence-corrected chi connectivity index (χ3v) is 5.10. The Bertz CT molecular complexity index is 429. The van der Waals surface area contributed by atoms with Crippen molar-refractivity contribution in [1.29, 1.82) is 0 Å². The van der Waals surface area contributed by atoms with Crippen molar-refractivity contribution >= 4 is 0 Å². The zero-order valence-electron chi connectivity index (χ0n) is 12.8. The maximum Gasteiger partial charge on any atom is 0.0452 e. The first-order valence-electron chi connectivity index (χ1n) is 8.43. The summed E-state index contributed by atoms with van der Waals surface area (Å²) >= 11 is 0. The lowest BCUT2D eigenvalue weighted by molar-refractivity contribution is 0.172. The molecule has 1 aromatic carbocycles. The van der Waals surface area contributed by atoms with Crippen molar-refractivity contribution in [3.63, 3.8) is 0 Å². The highest BCUT2D eigenvalue weighted by Gasteiger charge is 2.25. The Balaban J connectivity index is 1.73. The molecule has 1 N–H and O–H groups in total. The molecule has 0 bridgehead atoms. The second-order valence-corrected chi connectivity index (χ2v) is 6.36. The van der Waals surface area contributed by atoms with Crippen LogP contribution >= 0.6 is 0 Å². The fraction of sp³-hybridized carbons (Fsp3) is 0.667. The van der Waals surface area contributed by atoms with Gasteiger partial charge in [0.05, 0.1) is 0 Å². The number of hydrogen-bond acceptors (Lipinski definition) is 2. The van der Waals surface area contributed by atoms with Gasteiger partial charge in [-0.2, -0.15) is 0 Å². The molecule has 3 rings (SSSR count). The van der Waals surface area contributed by atoms with E-state index in [1.54, 1.807) is 5.56 Å². The summed E-state index contributed by atoms with van der Waals surface area (Å²) in [6.07, 6.45) is 8.10. The second kappa shape index (κ2) is 6.73. The Labute approximate surface area is 123 Å². The lowest BCUT2D eigenvalue weighted by Crippen LogP contribution is -2.43. The van der Waals surface area contributed by atoms with E-state index in [4.69, 9.17) is 0 Å². The Morgan fingerprint density at radius 3 is 3.00 bits per heavy atom. The number of benzene rings is 1. The van der Waals surface area contributed by atoms with Crippen LogP contribution in [-0.4, -0.2) is 30.6 Å². The van der Waals surface area contributed by atoms with Gasteiger partial charge in [-0.3, -0.25) is 4.90 Å². The molecular weight excluding hydrogens is 244 g/mol. The molecule has 0 spiro atoms. The van der Waals surface area contributed by atoms with Gasteiger partial charge in [-0.1, -0.05) is 44.0 Å². The van der Waals surface area contributed by atoms with Crippen LogP contribution in [0.2, 0.25) is 0 Å². The molecule has 20 heavy (non-hydrogen) atoms. The molecule has 1 aromatic rings. The first-order chi connectivity index (χ1) is 9.88. The van der Waals surface area contributed by atoms with Crippen LogP contribution in [0.4, 0.5) is 0 Å². The lowest BCUT2D eigenvalue weighted by Gasteiger charge is -2.35. The SMILES string of the molecule is CCC1CCCCCN1CC1NCCc2ccccc21. The van der Waals surface area contributed by atoms with Gasteiger partial charge in [-0.05, 0) is 49.9 Å². The first kappa shape index (κ1) is 14.1. The van der Waals surface area contributed by atoms with Gasteiger partial charge < -0.3 is 5.32 Å². The van der Waals surface area contributed by atoms with Gasteiger partial charge in [-0.25, -0.2) is 0 Å². The Hall–Kier alpha value is -0.860. The van der Waals surface area contributed by atoms with Crippen LogP contribution in [-0.2, 0) is 6.42 Å². The minimum absolute atomic E-state index is 0.534. The number of fused-ring (bicyclic) bond motifs is 1. The molecule has 0 aromatic heterocycles. The predicted molar refractivity (Wildman–Crippen MR) is 85.0 cm³/mol. The lowest BCUT2D eigenvalue weighted by atomic mass is 9.93. The van der Waals surface area contributed by atoms with E-state index in [1.807, 2.05) is 0 Å². The quantitative estimate of drug-likeness (QED) is 0.905. The summed E-state index contributed by atoms with van der Waals surface area (Å²) < 4.78 is 0. The highest BCUT2D eigenvalue weighted by Crippen LogP contribution is 2.26. The number of nitrogens with one attached hydrogen (secondary N) is 1. The molecule has 2 aliphatic heterocycles. The topological polar surface area (TPSA) is 15.3 Å². The van der Waals surface area contributed by atoms with Crippen molar-refractivity contribution < 1.29 is 0 Å². The van der Waals surface area contributed by atoms with Gasteiger partial charge >= 0.3 is 0 Å². The summed E-state index contributed by atoms with van der Waals surface area (Å²) in [4.78, 5) is 2.76. The molecule has 2 aliphatic rings. The first-order valence-corrected chi connectivity index (χ1v) is 8.43. The van der Waals surface area contributed by atoms with Crippen LogP contribution in [0.15, 0.2) is 24.3 Å². The van der Waals surface area contributed by atoms with Crippen molar-refractivity contribution in [3.8, 4) is 0 Å². The third kappa shape index (κ3) is 3.07. The maximum atomic E-state index is 3.75. The van der Waals surface area contributed by atoms with E-state index in [1.165, 1.54) is 57.2 Å². The van der Waals surface area contributed by atoms with Crippen LogP contribution in [0.5, 0.6) is 0 Å². The number of rotatable bonds is 3. The molecule has 0 radical (unpaired) electrons. The molecule has 2 heterocycles. The average molecular weight is 272 g/mol. The normalized spacial score (nSPS) is 27.9. The van der Waals surface area contributed by atoms with E-state index >= 15 is 0 Å². The highest BCUT2D eigenvalue weighted by molar-refractivity contribution is 5.32. The number of nitrogens with zero attached hydrogens (tertiary/aromatic N) is 1. The summed E-state index contributed by atoms with van der Waals surface area (Å²) in [5.74, 6) is 0. The molecule has 1 saturated heterocycles. The van der Waals surface area contributed by atoms with Gasteiger partial charge in [-0.15, -0.1) is 0 Å².